The van der Waals surface area contributed by atoms with Crippen LogP contribution in [-0.2, 0) is 12.0 Å². The number of hydrogen-bond donors (Lipinski definition) is 1. The second-order valence-corrected chi connectivity index (χ2v) is 5.66. The highest BCUT2D eigenvalue weighted by molar-refractivity contribution is 5.92. The van der Waals surface area contributed by atoms with Crippen LogP contribution in [0.25, 0.3) is 11.0 Å². The van der Waals surface area contributed by atoms with Crippen LogP contribution < -0.4 is 0 Å². The van der Waals surface area contributed by atoms with Crippen molar-refractivity contribution in [3.8, 4) is 0 Å². The molecule has 0 bridgehead atoms. The van der Waals surface area contributed by atoms with Crippen LogP contribution in [0.2, 0.25) is 0 Å². The van der Waals surface area contributed by atoms with Gasteiger partial charge in [-0.05, 0) is 43.9 Å². The molecule has 0 aliphatic heterocycles. The average Bonchev–Trinajstić information content (AvgIpc) is 2.76. The predicted molar refractivity (Wildman–Crippen MR) is 78.2 cm³/mol. The Balaban J connectivity index is 2.22. The highest BCUT2D eigenvalue weighted by Gasteiger charge is 2.39. The van der Waals surface area contributed by atoms with Gasteiger partial charge in [0, 0.05) is 12.0 Å². The fourth-order valence-corrected chi connectivity index (χ4v) is 3.35. The molecule has 2 aromatic rings. The standard InChI is InChI=1S/C16H20N2O2/c1-3-14-17-12-10-11(15(19)20)6-7-13(12)18(14)16(4-2)8-5-9-16/h6-7,10H,3-5,8-9H2,1-2H3,(H,19,20). The summed E-state index contributed by atoms with van der Waals surface area (Å²) in [7, 11) is 0. The Hall–Kier alpha value is -1.84. The smallest absolute Gasteiger partial charge is 0.335 e. The van der Waals surface area contributed by atoms with Crippen LogP contribution in [0.3, 0.4) is 0 Å². The highest BCUT2D eigenvalue weighted by atomic mass is 16.4. The third-order valence-electron chi connectivity index (χ3n) is 4.70. The average molecular weight is 272 g/mol. The molecule has 0 amide bonds. The molecular formula is C16H20N2O2. The lowest BCUT2D eigenvalue weighted by molar-refractivity contribution is 0.0697. The van der Waals surface area contributed by atoms with E-state index in [-0.39, 0.29) is 5.54 Å². The third kappa shape index (κ3) is 1.74. The molecule has 1 aromatic heterocycles. The Kier molecular flexibility index (Phi) is 3.04. The van der Waals surface area contributed by atoms with Crippen molar-refractivity contribution in [1.29, 1.82) is 0 Å². The van der Waals surface area contributed by atoms with Crippen molar-refractivity contribution >= 4 is 17.0 Å². The lowest BCUT2D eigenvalue weighted by Gasteiger charge is -2.44. The first-order chi connectivity index (χ1) is 9.61. The fraction of sp³-hybridized carbons (Fsp3) is 0.500. The second kappa shape index (κ2) is 4.62. The normalized spacial score (nSPS) is 17.1. The van der Waals surface area contributed by atoms with E-state index >= 15 is 0 Å². The molecular weight excluding hydrogens is 252 g/mol. The molecule has 20 heavy (non-hydrogen) atoms. The van der Waals surface area contributed by atoms with Crippen LogP contribution in [0.5, 0.6) is 0 Å². The Labute approximate surface area is 118 Å². The van der Waals surface area contributed by atoms with Crippen LogP contribution in [0.1, 0.15) is 55.7 Å². The molecule has 0 atom stereocenters. The van der Waals surface area contributed by atoms with Crippen molar-refractivity contribution in [3.05, 3.63) is 29.6 Å². The van der Waals surface area contributed by atoms with Gasteiger partial charge in [-0.3, -0.25) is 0 Å². The monoisotopic (exact) mass is 272 g/mol. The Morgan fingerprint density at radius 3 is 2.65 bits per heavy atom. The molecule has 1 N–H and O–H groups in total. The number of aryl methyl sites for hydroxylation is 1. The van der Waals surface area contributed by atoms with Crippen molar-refractivity contribution in [3.63, 3.8) is 0 Å². The van der Waals surface area contributed by atoms with E-state index in [4.69, 9.17) is 5.11 Å². The van der Waals surface area contributed by atoms with Gasteiger partial charge >= 0.3 is 5.97 Å². The molecule has 3 rings (SSSR count). The Morgan fingerprint density at radius 2 is 2.15 bits per heavy atom. The van der Waals surface area contributed by atoms with E-state index in [1.807, 2.05) is 6.07 Å². The van der Waals surface area contributed by atoms with Gasteiger partial charge in [0.25, 0.3) is 0 Å². The number of fused-ring (bicyclic) bond motifs is 1. The minimum absolute atomic E-state index is 0.199. The van der Waals surface area contributed by atoms with Gasteiger partial charge in [-0.15, -0.1) is 0 Å². The van der Waals surface area contributed by atoms with Crippen LogP contribution in [0.4, 0.5) is 0 Å². The zero-order valence-corrected chi connectivity index (χ0v) is 12.0. The topological polar surface area (TPSA) is 55.1 Å². The third-order valence-corrected chi connectivity index (χ3v) is 4.70. The molecule has 1 aliphatic rings. The summed E-state index contributed by atoms with van der Waals surface area (Å²) in [6, 6.07) is 5.29. The molecule has 0 spiro atoms. The van der Waals surface area contributed by atoms with Crippen molar-refractivity contribution in [2.24, 2.45) is 0 Å². The first-order valence-corrected chi connectivity index (χ1v) is 7.36. The van der Waals surface area contributed by atoms with Gasteiger partial charge in [0.15, 0.2) is 0 Å². The van der Waals surface area contributed by atoms with Crippen LogP contribution >= 0.6 is 0 Å². The second-order valence-electron chi connectivity index (χ2n) is 5.66. The van der Waals surface area contributed by atoms with Gasteiger partial charge in [-0.25, -0.2) is 9.78 Å². The number of benzene rings is 1. The van der Waals surface area contributed by atoms with Gasteiger partial charge in [-0.2, -0.15) is 0 Å². The number of hydrogen-bond acceptors (Lipinski definition) is 2. The summed E-state index contributed by atoms with van der Waals surface area (Å²) in [5.74, 6) is 0.178. The van der Waals surface area contributed by atoms with Gasteiger partial charge < -0.3 is 9.67 Å². The summed E-state index contributed by atoms with van der Waals surface area (Å²) in [6.07, 6.45) is 5.64. The van der Waals surface area contributed by atoms with E-state index in [0.717, 1.165) is 29.7 Å². The molecule has 106 valence electrons. The number of imidazole rings is 1. The summed E-state index contributed by atoms with van der Waals surface area (Å²) in [5, 5.41) is 9.11. The quantitative estimate of drug-likeness (QED) is 0.925. The van der Waals surface area contributed by atoms with E-state index in [1.54, 1.807) is 12.1 Å². The van der Waals surface area contributed by atoms with Gasteiger partial charge in [-0.1, -0.05) is 13.8 Å². The highest BCUT2D eigenvalue weighted by Crippen LogP contribution is 2.44. The molecule has 0 saturated heterocycles. The van der Waals surface area contributed by atoms with Crippen molar-refractivity contribution < 1.29 is 9.90 Å². The summed E-state index contributed by atoms with van der Waals surface area (Å²) in [5.41, 5.74) is 2.39. The lowest BCUT2D eigenvalue weighted by atomic mass is 9.74. The SMILES string of the molecule is CCc1nc2cc(C(=O)O)ccc2n1C1(CC)CCC1. The maximum atomic E-state index is 11.1. The summed E-state index contributed by atoms with van der Waals surface area (Å²) >= 11 is 0. The fourth-order valence-electron chi connectivity index (χ4n) is 3.35. The summed E-state index contributed by atoms with van der Waals surface area (Å²) in [6.45, 7) is 4.34. The van der Waals surface area contributed by atoms with Gasteiger partial charge in [0.1, 0.15) is 5.82 Å². The van der Waals surface area contributed by atoms with Crippen molar-refractivity contribution in [2.75, 3.05) is 0 Å². The van der Waals surface area contributed by atoms with Gasteiger partial charge in [0.2, 0.25) is 0 Å². The van der Waals surface area contributed by atoms with E-state index in [0.29, 0.717) is 5.56 Å². The molecule has 1 saturated carbocycles. The number of aromatic carboxylic acids is 1. The van der Waals surface area contributed by atoms with E-state index in [2.05, 4.69) is 23.4 Å². The molecule has 4 nitrogen and oxygen atoms in total. The Morgan fingerprint density at radius 1 is 1.40 bits per heavy atom. The van der Waals surface area contributed by atoms with Crippen molar-refractivity contribution in [2.45, 2.75) is 51.5 Å². The van der Waals surface area contributed by atoms with E-state index in [9.17, 15) is 4.79 Å². The predicted octanol–water partition coefficient (Wildman–Crippen LogP) is 3.59. The van der Waals surface area contributed by atoms with Crippen LogP contribution in [0.15, 0.2) is 18.2 Å². The number of carbonyl (C=O) groups is 1. The summed E-state index contributed by atoms with van der Waals surface area (Å²) in [4.78, 5) is 15.8. The number of rotatable bonds is 4. The molecule has 0 unspecified atom stereocenters. The first-order valence-electron chi connectivity index (χ1n) is 7.36. The largest absolute Gasteiger partial charge is 0.478 e. The minimum Gasteiger partial charge on any atom is -0.478 e. The zero-order chi connectivity index (χ0) is 14.3. The molecule has 1 aliphatic carbocycles. The van der Waals surface area contributed by atoms with E-state index < -0.39 is 5.97 Å². The molecule has 4 heteroatoms. The number of aromatic nitrogens is 2. The first kappa shape index (κ1) is 13.2. The lowest BCUT2D eigenvalue weighted by Crippen LogP contribution is -2.40. The maximum absolute atomic E-state index is 11.1. The number of carboxylic acid groups (broad SMARTS) is 1. The zero-order valence-electron chi connectivity index (χ0n) is 12.0. The number of nitrogens with zero attached hydrogens (tertiary/aromatic N) is 2. The summed E-state index contributed by atoms with van der Waals surface area (Å²) < 4.78 is 2.37. The minimum atomic E-state index is -0.895. The van der Waals surface area contributed by atoms with E-state index in [1.165, 1.54) is 19.3 Å². The molecule has 0 radical (unpaired) electrons. The molecule has 1 aromatic carbocycles. The van der Waals surface area contributed by atoms with Crippen LogP contribution in [0, 0.1) is 0 Å². The molecule has 1 fully saturated rings. The Bertz CT molecular complexity index is 663. The maximum Gasteiger partial charge on any atom is 0.335 e. The van der Waals surface area contributed by atoms with Crippen LogP contribution in [-0.4, -0.2) is 20.6 Å². The van der Waals surface area contributed by atoms with Gasteiger partial charge in [0.05, 0.1) is 16.6 Å². The molecule has 1 heterocycles. The van der Waals surface area contributed by atoms with Crippen molar-refractivity contribution in [1.82, 2.24) is 9.55 Å². The number of carboxylic acids is 1.